The lowest BCUT2D eigenvalue weighted by atomic mass is 9.66. The topological polar surface area (TPSA) is 105 Å². The van der Waals surface area contributed by atoms with E-state index in [2.05, 4.69) is 15.7 Å². The van der Waals surface area contributed by atoms with Gasteiger partial charge in [0.2, 0.25) is 18.1 Å². The van der Waals surface area contributed by atoms with Crippen LogP contribution in [0.3, 0.4) is 0 Å². The van der Waals surface area contributed by atoms with E-state index in [4.69, 9.17) is 0 Å². The molecule has 2 aliphatic rings. The Labute approximate surface area is 274 Å². The van der Waals surface area contributed by atoms with Gasteiger partial charge in [-0.2, -0.15) is 5.10 Å². The van der Waals surface area contributed by atoms with Crippen LogP contribution in [-0.4, -0.2) is 46.3 Å². The maximum atomic E-state index is 15.7. The minimum atomic E-state index is -3.39. The van der Waals surface area contributed by atoms with Crippen LogP contribution in [0.15, 0.2) is 24.4 Å². The lowest BCUT2D eigenvalue weighted by molar-refractivity contribution is -0.126. The fraction of sp³-hybridized carbons (Fsp3) is 0.657. The van der Waals surface area contributed by atoms with Crippen molar-refractivity contribution in [3.05, 3.63) is 47.0 Å². The molecule has 0 saturated heterocycles. The second kappa shape index (κ2) is 16.6. The highest BCUT2D eigenvalue weighted by Gasteiger charge is 2.42. The van der Waals surface area contributed by atoms with Crippen LogP contribution in [0.4, 0.5) is 23.2 Å². The van der Waals surface area contributed by atoms with Gasteiger partial charge in [-0.1, -0.05) is 71.1 Å². The van der Waals surface area contributed by atoms with Gasteiger partial charge in [0.05, 0.1) is 11.6 Å². The summed E-state index contributed by atoms with van der Waals surface area (Å²) in [4.78, 5) is 40.6. The molecule has 260 valence electrons. The number of carbonyl (C=O) groups excluding carboxylic acids is 3. The molecule has 0 bridgehead atoms. The van der Waals surface area contributed by atoms with Gasteiger partial charge in [0.25, 0.3) is 12.3 Å². The maximum Gasteiger partial charge on any atom is 0.287 e. The smallest absolute Gasteiger partial charge is 0.287 e. The van der Waals surface area contributed by atoms with E-state index in [-0.39, 0.29) is 35.0 Å². The van der Waals surface area contributed by atoms with E-state index >= 15 is 4.39 Å². The number of hydrogen-bond donors (Lipinski definition) is 3. The van der Waals surface area contributed by atoms with Crippen LogP contribution in [0.25, 0.3) is 0 Å². The highest BCUT2D eigenvalue weighted by molar-refractivity contribution is 6.01. The minimum Gasteiger partial charge on any atom is -0.339 e. The summed E-state index contributed by atoms with van der Waals surface area (Å²) in [5.41, 5.74) is 0.921. The van der Waals surface area contributed by atoms with Crippen molar-refractivity contribution >= 4 is 23.4 Å². The van der Waals surface area contributed by atoms with Crippen LogP contribution in [0.5, 0.6) is 0 Å². The molecule has 2 aromatic rings. The highest BCUT2D eigenvalue weighted by Crippen LogP contribution is 2.42. The Balaban J connectivity index is 1.67. The summed E-state index contributed by atoms with van der Waals surface area (Å²) < 4.78 is 56.2. The third-order valence-electron chi connectivity index (χ3n) is 9.96. The van der Waals surface area contributed by atoms with Crippen molar-refractivity contribution in [3.63, 3.8) is 0 Å². The second-order valence-corrected chi connectivity index (χ2v) is 13.4. The zero-order chi connectivity index (χ0) is 34.2. The summed E-state index contributed by atoms with van der Waals surface area (Å²) in [5.74, 6) is -3.59. The van der Waals surface area contributed by atoms with E-state index in [0.717, 1.165) is 70.3 Å². The molecule has 47 heavy (non-hydrogen) atoms. The van der Waals surface area contributed by atoms with Crippen molar-refractivity contribution in [3.8, 4) is 0 Å². The molecule has 0 aliphatic heterocycles. The predicted octanol–water partition coefficient (Wildman–Crippen LogP) is 7.46. The molecule has 0 spiro atoms. The van der Waals surface area contributed by atoms with Crippen molar-refractivity contribution in [2.75, 3.05) is 5.32 Å². The second-order valence-electron chi connectivity index (χ2n) is 13.4. The average molecular weight is 664 g/mol. The van der Waals surface area contributed by atoms with E-state index < -0.39 is 48.2 Å². The van der Waals surface area contributed by atoms with Crippen molar-refractivity contribution in [2.45, 2.75) is 129 Å². The van der Waals surface area contributed by atoms with Crippen molar-refractivity contribution in [1.82, 2.24) is 20.4 Å². The van der Waals surface area contributed by atoms with Gasteiger partial charge < -0.3 is 16.0 Å². The van der Waals surface area contributed by atoms with E-state index in [1.807, 2.05) is 13.8 Å². The van der Waals surface area contributed by atoms with Gasteiger partial charge in [-0.25, -0.2) is 17.6 Å². The van der Waals surface area contributed by atoms with Crippen LogP contribution in [0.2, 0.25) is 0 Å². The molecule has 12 heteroatoms. The summed E-state index contributed by atoms with van der Waals surface area (Å²) in [6.07, 6.45) is 5.96. The predicted molar refractivity (Wildman–Crippen MR) is 172 cm³/mol. The summed E-state index contributed by atoms with van der Waals surface area (Å²) >= 11 is 0. The van der Waals surface area contributed by atoms with Crippen molar-refractivity contribution < 1.29 is 31.9 Å². The largest absolute Gasteiger partial charge is 0.339 e. The first-order valence-corrected chi connectivity index (χ1v) is 17.1. The first-order chi connectivity index (χ1) is 22.4. The Morgan fingerprint density at radius 1 is 0.894 bits per heavy atom. The molecule has 3 atom stereocenters. The minimum absolute atomic E-state index is 0.0822. The van der Waals surface area contributed by atoms with E-state index in [1.54, 1.807) is 29.2 Å². The first kappa shape index (κ1) is 36.4. The molecule has 1 aromatic heterocycles. The van der Waals surface area contributed by atoms with Gasteiger partial charge in [-0.15, -0.1) is 0 Å². The number of alkyl halides is 3. The number of benzene rings is 1. The molecule has 2 saturated carbocycles. The summed E-state index contributed by atoms with van der Waals surface area (Å²) in [7, 11) is 0. The fourth-order valence-electron chi connectivity index (χ4n) is 7.54. The molecule has 3 unspecified atom stereocenters. The SMILES string of the molecule is CCc1cc(NC(=O)C(NC(=O)c2ccnn2C(C)C)C(C2CCCCC2)C2CCCCC2)c(F)cc1C(C)C(=O)NC(F)C(F)F. The number of amides is 3. The van der Waals surface area contributed by atoms with Crippen LogP contribution < -0.4 is 16.0 Å². The van der Waals surface area contributed by atoms with Crippen LogP contribution in [0.1, 0.15) is 125 Å². The number of aromatic nitrogens is 2. The van der Waals surface area contributed by atoms with E-state index in [9.17, 15) is 27.6 Å². The number of rotatable bonds is 13. The molecule has 1 aromatic carbocycles. The van der Waals surface area contributed by atoms with Crippen LogP contribution in [-0.2, 0) is 16.0 Å². The standard InChI is InChI=1S/C35H49F4N5O3/c1-5-22-18-27(26(36)19-25(22)21(4)33(45)43-32(39)31(37)38)41-35(47)30(42-34(46)28-16-17-40-44(28)20(2)3)29(23-12-8-6-9-13-23)24-14-10-7-11-15-24/h16-21,23-24,29-32H,5-15H2,1-4H3,(H,41,47)(H,42,46)(H,43,45). The van der Waals surface area contributed by atoms with E-state index in [0.29, 0.717) is 17.7 Å². The Hall–Kier alpha value is -3.44. The van der Waals surface area contributed by atoms with Gasteiger partial charge >= 0.3 is 0 Å². The van der Waals surface area contributed by atoms with Crippen molar-refractivity contribution in [2.24, 2.45) is 17.8 Å². The van der Waals surface area contributed by atoms with Gasteiger partial charge in [0.15, 0.2) is 0 Å². The van der Waals surface area contributed by atoms with E-state index in [1.165, 1.54) is 13.0 Å². The quantitative estimate of drug-likeness (QED) is 0.153. The summed E-state index contributed by atoms with van der Waals surface area (Å²) in [6, 6.07) is 3.11. The van der Waals surface area contributed by atoms with Gasteiger partial charge in [0.1, 0.15) is 17.6 Å². The van der Waals surface area contributed by atoms with Gasteiger partial charge in [0, 0.05) is 12.2 Å². The third-order valence-corrected chi connectivity index (χ3v) is 9.96. The number of aryl methyl sites for hydroxylation is 1. The average Bonchev–Trinajstić information content (AvgIpc) is 3.56. The Bertz CT molecular complexity index is 1350. The van der Waals surface area contributed by atoms with Crippen molar-refractivity contribution in [1.29, 1.82) is 0 Å². The Morgan fingerprint density at radius 2 is 1.49 bits per heavy atom. The third kappa shape index (κ3) is 8.93. The molecular weight excluding hydrogens is 614 g/mol. The molecule has 8 nitrogen and oxygen atoms in total. The van der Waals surface area contributed by atoms with Gasteiger partial charge in [-0.3, -0.25) is 19.1 Å². The number of anilines is 1. The van der Waals surface area contributed by atoms with Crippen LogP contribution >= 0.6 is 0 Å². The number of nitrogens with one attached hydrogen (secondary N) is 3. The Morgan fingerprint density at radius 3 is 2.02 bits per heavy atom. The van der Waals surface area contributed by atoms with Gasteiger partial charge in [-0.05, 0) is 74.3 Å². The number of hydrogen-bond acceptors (Lipinski definition) is 4. The Kier molecular flexibility index (Phi) is 12.8. The monoisotopic (exact) mass is 663 g/mol. The number of nitrogens with zero attached hydrogens (tertiary/aromatic N) is 2. The first-order valence-electron chi connectivity index (χ1n) is 17.1. The molecule has 1 heterocycles. The zero-order valence-electron chi connectivity index (χ0n) is 27.8. The lowest BCUT2D eigenvalue weighted by Gasteiger charge is -2.42. The molecular formula is C35H49F4N5O3. The van der Waals surface area contributed by atoms with Crippen LogP contribution in [0, 0.1) is 23.6 Å². The molecule has 3 amide bonds. The molecule has 3 N–H and O–H groups in total. The maximum absolute atomic E-state index is 15.7. The lowest BCUT2D eigenvalue weighted by Crippen LogP contribution is -2.53. The summed E-state index contributed by atoms with van der Waals surface area (Å²) in [5, 5.41) is 11.8. The zero-order valence-corrected chi connectivity index (χ0v) is 27.8. The number of halogens is 4. The molecule has 2 aliphatic carbocycles. The molecule has 0 radical (unpaired) electrons. The fourth-order valence-corrected chi connectivity index (χ4v) is 7.54. The summed E-state index contributed by atoms with van der Waals surface area (Å²) in [6.45, 7) is 6.98. The highest BCUT2D eigenvalue weighted by atomic mass is 19.3. The number of carbonyl (C=O) groups is 3. The normalized spacial score (nSPS) is 18.3. The molecule has 2 fully saturated rings. The molecule has 4 rings (SSSR count).